The number of nitrogens with zero attached hydrogens (tertiary/aromatic N) is 1. The minimum atomic E-state index is 0. The molecule has 0 fully saturated rings. The Morgan fingerprint density at radius 3 is 2.72 bits per heavy atom. The van der Waals surface area contributed by atoms with Crippen molar-refractivity contribution >= 4 is 29.9 Å². The van der Waals surface area contributed by atoms with Crippen molar-refractivity contribution in [3.63, 3.8) is 0 Å². The molecular weight excluding hydrogens is 433 g/mol. The van der Waals surface area contributed by atoms with Crippen LogP contribution in [0.25, 0.3) is 0 Å². The number of halogens is 1. The van der Waals surface area contributed by atoms with Crippen LogP contribution in [0.4, 0.5) is 0 Å². The van der Waals surface area contributed by atoms with E-state index in [1.807, 2.05) is 42.5 Å². The molecule has 7 heteroatoms. The van der Waals surface area contributed by atoms with E-state index in [0.29, 0.717) is 30.6 Å². The first kappa shape index (κ1) is 19.2. The maximum absolute atomic E-state index is 6.01. The number of fused-ring (bicyclic) bond motifs is 1. The second-order valence-electron chi connectivity index (χ2n) is 5.44. The van der Waals surface area contributed by atoms with Crippen molar-refractivity contribution in [3.05, 3.63) is 53.6 Å². The van der Waals surface area contributed by atoms with E-state index in [-0.39, 0.29) is 30.0 Å². The van der Waals surface area contributed by atoms with Crippen molar-refractivity contribution in [1.82, 2.24) is 5.32 Å². The molecule has 25 heavy (non-hydrogen) atoms. The van der Waals surface area contributed by atoms with Crippen molar-refractivity contribution in [2.75, 3.05) is 20.8 Å². The normalized spacial score (nSPS) is 15.6. The summed E-state index contributed by atoms with van der Waals surface area (Å²) in [5.74, 6) is 2.64. The molecule has 2 aromatic carbocycles. The highest BCUT2D eigenvalue weighted by Gasteiger charge is 2.23. The molecule has 1 aliphatic heterocycles. The fourth-order valence-electron chi connectivity index (χ4n) is 2.66. The predicted octanol–water partition coefficient (Wildman–Crippen LogP) is 2.86. The number of methoxy groups -OCH3 is 2. The highest BCUT2D eigenvalue weighted by Crippen LogP contribution is 2.31. The zero-order valence-electron chi connectivity index (χ0n) is 14.2. The number of aliphatic imine (C=N–C) groups is 1. The third-order valence-electron chi connectivity index (χ3n) is 3.90. The van der Waals surface area contributed by atoms with E-state index in [9.17, 15) is 0 Å². The van der Waals surface area contributed by atoms with Gasteiger partial charge in [0.25, 0.3) is 0 Å². The predicted molar refractivity (Wildman–Crippen MR) is 108 cm³/mol. The fraction of sp³-hybridized carbons (Fsp3) is 0.278. The summed E-state index contributed by atoms with van der Waals surface area (Å²) in [6, 6.07) is 13.6. The molecule has 0 aromatic heterocycles. The van der Waals surface area contributed by atoms with Gasteiger partial charge in [0, 0.05) is 5.56 Å². The van der Waals surface area contributed by atoms with Crippen molar-refractivity contribution in [2.45, 2.75) is 12.6 Å². The van der Waals surface area contributed by atoms with Crippen LogP contribution in [0.2, 0.25) is 0 Å². The number of benzene rings is 2. The number of para-hydroxylation sites is 1. The molecule has 1 aliphatic rings. The van der Waals surface area contributed by atoms with Gasteiger partial charge in [0.05, 0.1) is 26.8 Å². The molecule has 1 unspecified atom stereocenters. The van der Waals surface area contributed by atoms with Crippen LogP contribution < -0.4 is 25.3 Å². The zero-order valence-corrected chi connectivity index (χ0v) is 16.5. The zero-order chi connectivity index (χ0) is 16.9. The lowest BCUT2D eigenvalue weighted by atomic mass is 10.1. The van der Waals surface area contributed by atoms with Crippen LogP contribution in [0.1, 0.15) is 17.2 Å². The molecule has 3 rings (SSSR count). The number of ether oxygens (including phenoxy) is 3. The Morgan fingerprint density at radius 1 is 1.20 bits per heavy atom. The maximum atomic E-state index is 6.01. The largest absolute Gasteiger partial charge is 0.493 e. The Morgan fingerprint density at radius 2 is 1.96 bits per heavy atom. The van der Waals surface area contributed by atoms with Gasteiger partial charge in [-0.3, -0.25) is 0 Å². The number of hydrogen-bond acceptors (Lipinski definition) is 4. The summed E-state index contributed by atoms with van der Waals surface area (Å²) in [5, 5.41) is 3.20. The summed E-state index contributed by atoms with van der Waals surface area (Å²) in [6.45, 7) is 1.00. The van der Waals surface area contributed by atoms with E-state index in [1.165, 1.54) is 0 Å². The standard InChI is InChI=1S/C18H21N3O3.HI/c1-22-16-8-7-12(9-17(16)23-2)10-20-18(19)21-14-11-24-15-6-4-3-5-13(14)15;/h3-9,14H,10-11H2,1-2H3,(H3,19,20,21);1H. The molecule has 1 atom stereocenters. The van der Waals surface area contributed by atoms with Gasteiger partial charge in [0.15, 0.2) is 17.5 Å². The SMILES string of the molecule is COc1ccc(CN=C(N)NC2COc3ccccc32)cc1OC.I. The summed E-state index contributed by atoms with van der Waals surface area (Å²) in [7, 11) is 3.22. The number of hydrogen-bond donors (Lipinski definition) is 2. The number of guanidine groups is 1. The van der Waals surface area contributed by atoms with Gasteiger partial charge in [-0.25, -0.2) is 4.99 Å². The van der Waals surface area contributed by atoms with E-state index < -0.39 is 0 Å². The van der Waals surface area contributed by atoms with Crippen LogP contribution in [0.3, 0.4) is 0 Å². The van der Waals surface area contributed by atoms with E-state index in [4.69, 9.17) is 19.9 Å². The summed E-state index contributed by atoms with van der Waals surface area (Å²) in [5.41, 5.74) is 8.10. The van der Waals surface area contributed by atoms with Crippen LogP contribution in [-0.2, 0) is 6.54 Å². The van der Waals surface area contributed by atoms with Gasteiger partial charge in [-0.05, 0) is 23.8 Å². The Bertz CT molecular complexity index is 752. The lowest BCUT2D eigenvalue weighted by Crippen LogP contribution is -2.35. The third-order valence-corrected chi connectivity index (χ3v) is 3.90. The molecule has 0 amide bonds. The molecule has 6 nitrogen and oxygen atoms in total. The van der Waals surface area contributed by atoms with Gasteiger partial charge in [0.1, 0.15) is 12.4 Å². The molecule has 3 N–H and O–H groups in total. The van der Waals surface area contributed by atoms with Crippen molar-refractivity contribution in [2.24, 2.45) is 10.7 Å². The smallest absolute Gasteiger partial charge is 0.189 e. The van der Waals surface area contributed by atoms with Crippen LogP contribution in [0, 0.1) is 0 Å². The van der Waals surface area contributed by atoms with E-state index in [2.05, 4.69) is 10.3 Å². The highest BCUT2D eigenvalue weighted by molar-refractivity contribution is 14.0. The van der Waals surface area contributed by atoms with Gasteiger partial charge in [-0.1, -0.05) is 24.3 Å². The first-order chi connectivity index (χ1) is 11.7. The van der Waals surface area contributed by atoms with Gasteiger partial charge < -0.3 is 25.3 Å². The highest BCUT2D eigenvalue weighted by atomic mass is 127. The topological polar surface area (TPSA) is 78.1 Å². The molecule has 0 aliphatic carbocycles. The van der Waals surface area contributed by atoms with Gasteiger partial charge >= 0.3 is 0 Å². The third kappa shape index (κ3) is 4.47. The van der Waals surface area contributed by atoms with Crippen LogP contribution >= 0.6 is 24.0 Å². The Balaban J connectivity index is 0.00000225. The van der Waals surface area contributed by atoms with Gasteiger partial charge in [0.2, 0.25) is 0 Å². The first-order valence-corrected chi connectivity index (χ1v) is 7.70. The van der Waals surface area contributed by atoms with Gasteiger partial charge in [-0.2, -0.15) is 0 Å². The monoisotopic (exact) mass is 455 g/mol. The Labute approximate surface area is 164 Å². The van der Waals surface area contributed by atoms with E-state index in [1.54, 1.807) is 14.2 Å². The average molecular weight is 455 g/mol. The molecule has 0 bridgehead atoms. The number of nitrogens with one attached hydrogen (secondary N) is 1. The van der Waals surface area contributed by atoms with Crippen LogP contribution in [0.5, 0.6) is 17.2 Å². The minimum Gasteiger partial charge on any atom is -0.493 e. The lowest BCUT2D eigenvalue weighted by Gasteiger charge is -2.12. The lowest BCUT2D eigenvalue weighted by molar-refractivity contribution is 0.324. The molecule has 0 radical (unpaired) electrons. The number of nitrogens with two attached hydrogens (primary N) is 1. The molecule has 0 saturated carbocycles. The van der Waals surface area contributed by atoms with Crippen LogP contribution in [0.15, 0.2) is 47.5 Å². The fourth-order valence-corrected chi connectivity index (χ4v) is 2.66. The Hall–Kier alpha value is -2.16. The minimum absolute atomic E-state index is 0. The molecule has 0 spiro atoms. The van der Waals surface area contributed by atoms with Crippen molar-refractivity contribution in [3.8, 4) is 17.2 Å². The molecule has 2 aromatic rings. The maximum Gasteiger partial charge on any atom is 0.189 e. The quantitative estimate of drug-likeness (QED) is 0.412. The average Bonchev–Trinajstić information content (AvgIpc) is 3.02. The van der Waals surface area contributed by atoms with E-state index >= 15 is 0 Å². The van der Waals surface area contributed by atoms with Gasteiger partial charge in [-0.15, -0.1) is 24.0 Å². The molecular formula is C18H22IN3O3. The molecule has 1 heterocycles. The first-order valence-electron chi connectivity index (χ1n) is 7.70. The van der Waals surface area contributed by atoms with Crippen LogP contribution in [-0.4, -0.2) is 26.8 Å². The second kappa shape index (κ2) is 8.80. The van der Waals surface area contributed by atoms with Crippen molar-refractivity contribution < 1.29 is 14.2 Å². The van der Waals surface area contributed by atoms with Crippen molar-refractivity contribution in [1.29, 1.82) is 0 Å². The second-order valence-corrected chi connectivity index (χ2v) is 5.44. The van der Waals surface area contributed by atoms with E-state index in [0.717, 1.165) is 16.9 Å². The summed E-state index contributed by atoms with van der Waals surface area (Å²) >= 11 is 0. The summed E-state index contributed by atoms with van der Waals surface area (Å²) in [4.78, 5) is 4.39. The number of rotatable bonds is 5. The molecule has 134 valence electrons. The molecule has 0 saturated heterocycles. The summed E-state index contributed by atoms with van der Waals surface area (Å²) in [6.07, 6.45) is 0. The summed E-state index contributed by atoms with van der Waals surface area (Å²) < 4.78 is 16.1. The Kier molecular flexibility index (Phi) is 6.74.